The summed E-state index contributed by atoms with van der Waals surface area (Å²) in [4.78, 5) is 0. The number of hydrogen-bond acceptors (Lipinski definition) is 3. The molecule has 0 amide bonds. The summed E-state index contributed by atoms with van der Waals surface area (Å²) in [6, 6.07) is 4.56. The first-order chi connectivity index (χ1) is 7.15. The van der Waals surface area contributed by atoms with Gasteiger partial charge >= 0.3 is 0 Å². The number of halogens is 2. The van der Waals surface area contributed by atoms with Crippen molar-refractivity contribution in [2.24, 2.45) is 5.73 Å². The number of para-hydroxylation sites is 1. The fourth-order valence-electron chi connectivity index (χ4n) is 0.973. The summed E-state index contributed by atoms with van der Waals surface area (Å²) in [6.07, 6.45) is 0.226. The molecule has 1 atom stereocenters. The first kappa shape index (κ1) is 11.4. The van der Waals surface area contributed by atoms with E-state index in [0.717, 1.165) is 12.1 Å². The largest absolute Gasteiger partial charge is 0.488 e. The highest BCUT2D eigenvalue weighted by molar-refractivity contribution is 5.25. The van der Waals surface area contributed by atoms with Crippen LogP contribution in [0.15, 0.2) is 18.2 Å². The Labute approximate surface area is 86.1 Å². The molecule has 80 valence electrons. The Morgan fingerprint density at radius 3 is 2.53 bits per heavy atom. The maximum Gasteiger partial charge on any atom is 0.190 e. The Hall–Kier alpha value is -1.67. The van der Waals surface area contributed by atoms with E-state index < -0.39 is 23.4 Å². The molecule has 2 N–H and O–H groups in total. The Kier molecular flexibility index (Phi) is 4.01. The zero-order chi connectivity index (χ0) is 11.3. The third-order valence-electron chi connectivity index (χ3n) is 1.76. The van der Waals surface area contributed by atoms with Crippen LogP contribution >= 0.6 is 0 Å². The Morgan fingerprint density at radius 1 is 1.40 bits per heavy atom. The number of hydrogen-bond donors (Lipinski definition) is 1. The minimum absolute atomic E-state index is 0.00653. The average Bonchev–Trinajstić information content (AvgIpc) is 2.22. The highest BCUT2D eigenvalue weighted by Crippen LogP contribution is 2.20. The van der Waals surface area contributed by atoms with Crippen molar-refractivity contribution in [2.75, 3.05) is 6.61 Å². The summed E-state index contributed by atoms with van der Waals surface area (Å²) in [5.74, 6) is -1.95. The first-order valence-electron chi connectivity index (χ1n) is 4.37. The van der Waals surface area contributed by atoms with Gasteiger partial charge in [-0.3, -0.25) is 0 Å². The van der Waals surface area contributed by atoms with Crippen LogP contribution in [0.3, 0.4) is 0 Å². The molecule has 0 bridgehead atoms. The summed E-state index contributed by atoms with van der Waals surface area (Å²) in [5, 5.41) is 8.36. The molecular weight excluding hydrogens is 202 g/mol. The lowest BCUT2D eigenvalue weighted by molar-refractivity contribution is 0.276. The first-order valence-corrected chi connectivity index (χ1v) is 4.37. The molecule has 0 radical (unpaired) electrons. The van der Waals surface area contributed by atoms with E-state index in [-0.39, 0.29) is 13.0 Å². The smallest absolute Gasteiger partial charge is 0.190 e. The summed E-state index contributed by atoms with van der Waals surface area (Å²) < 4.78 is 30.8. The molecule has 0 saturated carbocycles. The standard InChI is InChI=1S/C10H10F2N2O/c11-8-2-1-3-9(12)10(8)15-5-4-7(14)6-13/h1-3,7H,4-5,14H2. The van der Waals surface area contributed by atoms with E-state index >= 15 is 0 Å². The zero-order valence-electron chi connectivity index (χ0n) is 7.91. The predicted octanol–water partition coefficient (Wildman–Crippen LogP) is 1.58. The van der Waals surface area contributed by atoms with Crippen LogP contribution in [0.5, 0.6) is 5.75 Å². The lowest BCUT2D eigenvalue weighted by Gasteiger charge is -2.08. The molecule has 3 nitrogen and oxygen atoms in total. The SMILES string of the molecule is N#CC(N)CCOc1c(F)cccc1F. The number of nitrogens with zero attached hydrogens (tertiary/aromatic N) is 1. The topological polar surface area (TPSA) is 59.0 Å². The van der Waals surface area contributed by atoms with Crippen molar-refractivity contribution >= 4 is 0 Å². The minimum Gasteiger partial charge on any atom is -0.488 e. The fraction of sp³-hybridized carbons (Fsp3) is 0.300. The van der Waals surface area contributed by atoms with E-state index in [4.69, 9.17) is 15.7 Å². The van der Waals surface area contributed by atoms with Gasteiger partial charge in [-0.1, -0.05) is 6.07 Å². The molecule has 1 aromatic rings. The number of nitriles is 1. The molecule has 0 aliphatic heterocycles. The molecule has 0 aromatic heterocycles. The Bertz CT molecular complexity index is 356. The van der Waals surface area contributed by atoms with Gasteiger partial charge in [-0.25, -0.2) is 8.78 Å². The van der Waals surface area contributed by atoms with Gasteiger partial charge in [-0.05, 0) is 12.1 Å². The van der Waals surface area contributed by atoms with Crippen LogP contribution in [0, 0.1) is 23.0 Å². The highest BCUT2D eigenvalue weighted by atomic mass is 19.1. The van der Waals surface area contributed by atoms with Gasteiger partial charge in [0, 0.05) is 6.42 Å². The van der Waals surface area contributed by atoms with Crippen molar-refractivity contribution in [1.29, 1.82) is 5.26 Å². The quantitative estimate of drug-likeness (QED) is 0.824. The summed E-state index contributed by atoms with van der Waals surface area (Å²) in [7, 11) is 0. The molecule has 1 aromatic carbocycles. The second-order valence-corrected chi connectivity index (χ2v) is 2.92. The van der Waals surface area contributed by atoms with Crippen LogP contribution in [0.4, 0.5) is 8.78 Å². The van der Waals surface area contributed by atoms with Crippen LogP contribution in [-0.2, 0) is 0 Å². The van der Waals surface area contributed by atoms with Crippen molar-refractivity contribution in [2.45, 2.75) is 12.5 Å². The van der Waals surface area contributed by atoms with Crippen molar-refractivity contribution in [3.63, 3.8) is 0 Å². The van der Waals surface area contributed by atoms with E-state index in [9.17, 15) is 8.78 Å². The molecule has 15 heavy (non-hydrogen) atoms. The Morgan fingerprint density at radius 2 is 2.00 bits per heavy atom. The summed E-state index contributed by atoms with van der Waals surface area (Å²) in [5.41, 5.74) is 5.28. The van der Waals surface area contributed by atoms with Gasteiger partial charge in [0.25, 0.3) is 0 Å². The molecule has 0 spiro atoms. The van der Waals surface area contributed by atoms with E-state index in [1.807, 2.05) is 0 Å². The van der Waals surface area contributed by atoms with Gasteiger partial charge in [-0.2, -0.15) is 5.26 Å². The number of nitrogens with two attached hydrogens (primary N) is 1. The van der Waals surface area contributed by atoms with Gasteiger partial charge in [0.05, 0.1) is 18.7 Å². The molecule has 1 unspecified atom stereocenters. The molecule has 5 heteroatoms. The molecule has 0 heterocycles. The predicted molar refractivity (Wildman–Crippen MR) is 50.1 cm³/mol. The maximum atomic E-state index is 13.0. The van der Waals surface area contributed by atoms with E-state index in [1.54, 1.807) is 6.07 Å². The molecule has 0 fully saturated rings. The van der Waals surface area contributed by atoms with Gasteiger partial charge in [0.2, 0.25) is 0 Å². The van der Waals surface area contributed by atoms with Gasteiger partial charge in [0.15, 0.2) is 17.4 Å². The summed E-state index contributed by atoms with van der Waals surface area (Å²) >= 11 is 0. The Balaban J connectivity index is 2.55. The molecule has 0 aliphatic carbocycles. The zero-order valence-corrected chi connectivity index (χ0v) is 7.91. The van der Waals surface area contributed by atoms with Crippen molar-refractivity contribution < 1.29 is 13.5 Å². The van der Waals surface area contributed by atoms with Gasteiger partial charge in [0.1, 0.15) is 0 Å². The summed E-state index contributed by atoms with van der Waals surface area (Å²) in [6.45, 7) is 0.00653. The van der Waals surface area contributed by atoms with Crippen molar-refractivity contribution in [1.82, 2.24) is 0 Å². The maximum absolute atomic E-state index is 13.0. The van der Waals surface area contributed by atoms with Crippen LogP contribution in [0.1, 0.15) is 6.42 Å². The third-order valence-corrected chi connectivity index (χ3v) is 1.76. The minimum atomic E-state index is -0.763. The lowest BCUT2D eigenvalue weighted by atomic mass is 10.2. The average molecular weight is 212 g/mol. The van der Waals surface area contributed by atoms with Gasteiger partial charge < -0.3 is 10.5 Å². The van der Waals surface area contributed by atoms with Crippen LogP contribution < -0.4 is 10.5 Å². The highest BCUT2D eigenvalue weighted by Gasteiger charge is 2.09. The molecule has 0 saturated heterocycles. The van der Waals surface area contributed by atoms with Gasteiger partial charge in [-0.15, -0.1) is 0 Å². The number of rotatable bonds is 4. The number of benzene rings is 1. The van der Waals surface area contributed by atoms with E-state index in [0.29, 0.717) is 0 Å². The van der Waals surface area contributed by atoms with Crippen molar-refractivity contribution in [3.05, 3.63) is 29.8 Å². The fourth-order valence-corrected chi connectivity index (χ4v) is 0.973. The van der Waals surface area contributed by atoms with Crippen LogP contribution in [0.25, 0.3) is 0 Å². The second kappa shape index (κ2) is 5.27. The lowest BCUT2D eigenvalue weighted by Crippen LogP contribution is -2.20. The second-order valence-electron chi connectivity index (χ2n) is 2.92. The normalized spacial score (nSPS) is 11.9. The van der Waals surface area contributed by atoms with Crippen molar-refractivity contribution in [3.8, 4) is 11.8 Å². The molecule has 1 rings (SSSR count). The van der Waals surface area contributed by atoms with E-state index in [2.05, 4.69) is 0 Å². The van der Waals surface area contributed by atoms with E-state index in [1.165, 1.54) is 6.07 Å². The third kappa shape index (κ3) is 3.18. The monoisotopic (exact) mass is 212 g/mol. The molecule has 0 aliphatic rings. The molecular formula is C10H10F2N2O. The van der Waals surface area contributed by atoms with Crippen LogP contribution in [-0.4, -0.2) is 12.6 Å². The number of ether oxygens (including phenoxy) is 1. The van der Waals surface area contributed by atoms with Crippen LogP contribution in [0.2, 0.25) is 0 Å².